The Morgan fingerprint density at radius 3 is 2.88 bits per heavy atom. The molecule has 1 rings (SSSR count). The van der Waals surface area contributed by atoms with E-state index < -0.39 is 0 Å². The maximum Gasteiger partial charge on any atom is 0.0523 e. The van der Waals surface area contributed by atoms with Gasteiger partial charge in [-0.25, -0.2) is 0 Å². The number of nitrogens with zero attached hydrogens (tertiary/aromatic N) is 2. The van der Waals surface area contributed by atoms with Crippen LogP contribution in [-0.2, 0) is 0 Å². The van der Waals surface area contributed by atoms with Crippen molar-refractivity contribution in [1.29, 1.82) is 0 Å². The average Bonchev–Trinajstić information content (AvgIpc) is 1.89. The normalized spacial score (nSPS) is 31.8. The molecule has 1 atom stereocenters. The molecule has 1 aliphatic rings. The quantitative estimate of drug-likeness (QED) is 0.480. The largest absolute Gasteiger partial charge is 0.261 e. The Balaban J connectivity index is 2.38. The van der Waals surface area contributed by atoms with Gasteiger partial charge in [0.1, 0.15) is 0 Å². The lowest BCUT2D eigenvalue weighted by Gasteiger charge is -2.19. The van der Waals surface area contributed by atoms with Crippen molar-refractivity contribution < 1.29 is 1.37 Å². The van der Waals surface area contributed by atoms with Crippen LogP contribution in [0.25, 0.3) is 0 Å². The molecule has 1 fully saturated rings. The summed E-state index contributed by atoms with van der Waals surface area (Å²) >= 11 is 0. The molecule has 0 aliphatic carbocycles. The second-order valence-corrected chi connectivity index (χ2v) is 1.92. The minimum absolute atomic E-state index is 0.378. The maximum atomic E-state index is 9.93. The highest BCUT2D eigenvalue weighted by atomic mass is 16.3. The minimum Gasteiger partial charge on any atom is -0.261 e. The fraction of sp³-hybridized carbons (Fsp3) is 1.00. The summed E-state index contributed by atoms with van der Waals surface area (Å²) in [6, 6.07) is 0. The van der Waals surface area contributed by atoms with Crippen molar-refractivity contribution >= 4 is 0 Å². The fourth-order valence-electron chi connectivity index (χ4n) is 0.824. The molecular weight excluding hydrogens is 104 g/mol. The number of piperidine rings is 1. The van der Waals surface area contributed by atoms with E-state index >= 15 is 0 Å². The predicted molar refractivity (Wildman–Crippen MR) is 31.2 cm³/mol. The second kappa shape index (κ2) is 2.64. The summed E-state index contributed by atoms with van der Waals surface area (Å²) in [6.45, 7) is 0.286. The first-order chi connectivity index (χ1) is 4.34. The van der Waals surface area contributed by atoms with Gasteiger partial charge in [-0.2, -0.15) is 0 Å². The third-order valence-electron chi connectivity index (χ3n) is 1.29. The highest BCUT2D eigenvalue weighted by Gasteiger charge is 2.06. The molecule has 0 aromatic carbocycles. The van der Waals surface area contributed by atoms with E-state index in [-0.39, 0.29) is 6.52 Å². The molecule has 0 radical (unpaired) electrons. The van der Waals surface area contributed by atoms with E-state index in [0.29, 0.717) is 6.54 Å². The van der Waals surface area contributed by atoms with E-state index in [1.165, 1.54) is 5.01 Å². The zero-order valence-electron chi connectivity index (χ0n) is 5.71. The summed E-state index contributed by atoms with van der Waals surface area (Å²) in [5, 5.41) is 4.02. The molecule has 1 unspecified atom stereocenters. The van der Waals surface area contributed by atoms with Crippen LogP contribution in [0, 0.1) is 4.91 Å². The van der Waals surface area contributed by atoms with Crippen LogP contribution in [0.15, 0.2) is 5.29 Å². The molecule has 0 N–H and O–H groups in total. The van der Waals surface area contributed by atoms with Crippen molar-refractivity contribution in [2.45, 2.75) is 19.3 Å². The third-order valence-corrected chi connectivity index (χ3v) is 1.29. The van der Waals surface area contributed by atoms with Gasteiger partial charge in [-0.15, -0.1) is 4.91 Å². The third kappa shape index (κ3) is 1.18. The Kier molecular flexibility index (Phi) is 1.42. The van der Waals surface area contributed by atoms with E-state index in [0.717, 1.165) is 19.3 Å². The summed E-state index contributed by atoms with van der Waals surface area (Å²) in [5.74, 6) is 0. The molecule has 0 bridgehead atoms. The van der Waals surface area contributed by atoms with Crippen LogP contribution in [0.3, 0.4) is 0 Å². The number of nitroso groups, excluding NO2 is 1. The zero-order chi connectivity index (χ0) is 6.69. The van der Waals surface area contributed by atoms with Crippen LogP contribution in [0.4, 0.5) is 0 Å². The van der Waals surface area contributed by atoms with Gasteiger partial charge in [0.15, 0.2) is 0 Å². The first-order valence-electron chi connectivity index (χ1n) is 3.44. The number of rotatable bonds is 1. The molecule has 3 heteroatoms. The van der Waals surface area contributed by atoms with Gasteiger partial charge in [-0.3, -0.25) is 5.01 Å². The summed E-state index contributed by atoms with van der Waals surface area (Å²) < 4.78 is 7.26. The van der Waals surface area contributed by atoms with Gasteiger partial charge in [0.2, 0.25) is 0 Å². The van der Waals surface area contributed by atoms with Crippen LogP contribution in [0.1, 0.15) is 20.6 Å². The molecule has 1 saturated heterocycles. The fourth-order valence-corrected chi connectivity index (χ4v) is 0.824. The smallest absolute Gasteiger partial charge is 0.0523 e. The van der Waals surface area contributed by atoms with E-state index in [4.69, 9.17) is 1.37 Å². The average molecular weight is 115 g/mol. The number of hydrogen-bond donors (Lipinski definition) is 0. The molecule has 0 aromatic heterocycles. The van der Waals surface area contributed by atoms with Gasteiger partial charge < -0.3 is 0 Å². The second-order valence-electron chi connectivity index (χ2n) is 1.92. The van der Waals surface area contributed by atoms with Crippen molar-refractivity contribution in [2.24, 2.45) is 5.29 Å². The molecule has 0 saturated carbocycles. The van der Waals surface area contributed by atoms with Gasteiger partial charge in [-0.1, -0.05) is 0 Å². The van der Waals surface area contributed by atoms with Crippen molar-refractivity contribution in [3.05, 3.63) is 4.91 Å². The highest BCUT2D eigenvalue weighted by Crippen LogP contribution is 2.07. The highest BCUT2D eigenvalue weighted by molar-refractivity contribution is 4.58. The van der Waals surface area contributed by atoms with E-state index in [1.807, 2.05) is 0 Å². The zero-order valence-corrected chi connectivity index (χ0v) is 4.71. The summed E-state index contributed by atoms with van der Waals surface area (Å²) in [6.07, 6.45) is 2.84. The first kappa shape index (κ1) is 4.30. The van der Waals surface area contributed by atoms with Crippen LogP contribution >= 0.6 is 0 Å². The lowest BCUT2D eigenvalue weighted by atomic mass is 10.2. The van der Waals surface area contributed by atoms with Gasteiger partial charge in [0.05, 0.1) is 6.66 Å². The molecule has 46 valence electrons. The van der Waals surface area contributed by atoms with Crippen LogP contribution in [-0.4, -0.2) is 18.1 Å². The molecule has 1 heterocycles. The van der Waals surface area contributed by atoms with Crippen molar-refractivity contribution in [3.63, 3.8) is 0 Å². The molecule has 0 amide bonds. The standard InChI is InChI=1S/C5H10N2O/c8-6-7-4-2-1-3-5-7/h1-5H2/i4D. The topological polar surface area (TPSA) is 32.7 Å². The summed E-state index contributed by atoms with van der Waals surface area (Å²) in [7, 11) is 0. The van der Waals surface area contributed by atoms with Crippen molar-refractivity contribution in [3.8, 4) is 0 Å². The lowest BCUT2D eigenvalue weighted by Crippen LogP contribution is -2.23. The Morgan fingerprint density at radius 2 is 2.38 bits per heavy atom. The summed E-state index contributed by atoms with van der Waals surface area (Å²) in [4.78, 5) is 9.93. The van der Waals surface area contributed by atoms with Crippen LogP contribution in [0.5, 0.6) is 0 Å². The minimum atomic E-state index is -0.378. The molecule has 8 heavy (non-hydrogen) atoms. The maximum absolute atomic E-state index is 9.93. The van der Waals surface area contributed by atoms with Crippen LogP contribution < -0.4 is 0 Å². The van der Waals surface area contributed by atoms with Crippen molar-refractivity contribution in [1.82, 2.24) is 5.01 Å². The summed E-state index contributed by atoms with van der Waals surface area (Å²) in [5.41, 5.74) is 0. The molecule has 1 aliphatic heterocycles. The molecule has 3 nitrogen and oxygen atoms in total. The Bertz CT molecular complexity index is 109. The monoisotopic (exact) mass is 115 g/mol. The predicted octanol–water partition coefficient (Wildman–Crippen LogP) is 1.15. The van der Waals surface area contributed by atoms with E-state index in [1.54, 1.807) is 0 Å². The SMILES string of the molecule is [2H]C1CCCCN1N=O. The van der Waals surface area contributed by atoms with E-state index in [9.17, 15) is 4.91 Å². The Labute approximate surface area is 50.0 Å². The van der Waals surface area contributed by atoms with Gasteiger partial charge in [0.25, 0.3) is 0 Å². The Morgan fingerprint density at radius 1 is 1.50 bits per heavy atom. The molecule has 0 aromatic rings. The van der Waals surface area contributed by atoms with Gasteiger partial charge >= 0.3 is 0 Å². The van der Waals surface area contributed by atoms with Gasteiger partial charge in [-0.05, 0) is 19.3 Å². The molecule has 0 spiro atoms. The Hall–Kier alpha value is -0.600. The lowest BCUT2D eigenvalue weighted by molar-refractivity contribution is 0.236. The van der Waals surface area contributed by atoms with E-state index in [2.05, 4.69) is 5.29 Å². The van der Waals surface area contributed by atoms with Crippen LogP contribution in [0.2, 0.25) is 0 Å². The van der Waals surface area contributed by atoms with Gasteiger partial charge in [0, 0.05) is 13.1 Å². The number of hydrogen-bond acceptors (Lipinski definition) is 2. The van der Waals surface area contributed by atoms with Crippen molar-refractivity contribution in [2.75, 3.05) is 13.1 Å². The molecular formula is C5H10N2O. The first-order valence-corrected chi connectivity index (χ1v) is 2.87.